The second-order valence-electron chi connectivity index (χ2n) is 4.11. The van der Waals surface area contributed by atoms with E-state index in [-0.39, 0.29) is 11.6 Å². The minimum absolute atomic E-state index is 0.214. The maximum atomic E-state index is 13.4. The molecule has 3 rings (SSSR count). The summed E-state index contributed by atoms with van der Waals surface area (Å²) in [5, 5.41) is 8.24. The normalized spacial score (nSPS) is 10.9. The van der Waals surface area contributed by atoms with Crippen LogP contribution in [0.4, 0.5) is 4.39 Å². The van der Waals surface area contributed by atoms with Gasteiger partial charge in [-0.25, -0.2) is 4.39 Å². The molecule has 0 amide bonds. The molecule has 1 aromatic heterocycles. The quantitative estimate of drug-likeness (QED) is 0.770. The molecule has 0 radical (unpaired) electrons. The highest BCUT2D eigenvalue weighted by molar-refractivity contribution is 9.10. The third kappa shape index (κ3) is 2.10. The predicted molar refractivity (Wildman–Crippen MR) is 75.7 cm³/mol. The smallest absolute Gasteiger partial charge is 0.165 e. The van der Waals surface area contributed by atoms with Crippen molar-refractivity contribution in [1.29, 1.82) is 0 Å². The van der Waals surface area contributed by atoms with Crippen molar-refractivity contribution in [3.63, 3.8) is 0 Å². The van der Waals surface area contributed by atoms with Gasteiger partial charge in [-0.1, -0.05) is 15.9 Å². The zero-order chi connectivity index (χ0) is 13.4. The number of nitrogens with zero attached hydrogens (tertiary/aromatic N) is 1. The highest BCUT2D eigenvalue weighted by Crippen LogP contribution is 2.31. The summed E-state index contributed by atoms with van der Waals surface area (Å²) in [6, 6.07) is 10.6. The minimum Gasteiger partial charge on any atom is -0.494 e. The van der Waals surface area contributed by atoms with Gasteiger partial charge in [0.25, 0.3) is 0 Å². The van der Waals surface area contributed by atoms with E-state index < -0.39 is 0 Å². The van der Waals surface area contributed by atoms with E-state index in [0.29, 0.717) is 0 Å². The molecule has 2 aromatic carbocycles. The summed E-state index contributed by atoms with van der Waals surface area (Å²) < 4.78 is 19.4. The average Bonchev–Trinajstić information content (AvgIpc) is 2.82. The molecule has 0 aliphatic rings. The molecule has 0 fully saturated rings. The van der Waals surface area contributed by atoms with Crippen molar-refractivity contribution < 1.29 is 9.13 Å². The fourth-order valence-corrected chi connectivity index (χ4v) is 2.38. The summed E-state index contributed by atoms with van der Waals surface area (Å²) in [5.74, 6) is -0.167. The molecule has 0 unspecified atom stereocenters. The Hall–Kier alpha value is -1.88. The van der Waals surface area contributed by atoms with Crippen molar-refractivity contribution in [2.24, 2.45) is 0 Å². The summed E-state index contributed by atoms with van der Waals surface area (Å²) >= 11 is 3.41. The van der Waals surface area contributed by atoms with Gasteiger partial charge in [-0.2, -0.15) is 5.10 Å². The Morgan fingerprint density at radius 3 is 2.84 bits per heavy atom. The number of methoxy groups -OCH3 is 1. The van der Waals surface area contributed by atoms with Gasteiger partial charge in [0.05, 0.1) is 12.6 Å². The van der Waals surface area contributed by atoms with Gasteiger partial charge < -0.3 is 4.74 Å². The summed E-state index contributed by atoms with van der Waals surface area (Å²) in [4.78, 5) is 0. The van der Waals surface area contributed by atoms with E-state index in [2.05, 4.69) is 26.1 Å². The van der Waals surface area contributed by atoms with Crippen LogP contribution in [0.5, 0.6) is 5.75 Å². The molecule has 1 N–H and O–H groups in total. The number of rotatable bonds is 2. The van der Waals surface area contributed by atoms with Crippen molar-refractivity contribution in [2.45, 2.75) is 0 Å². The Morgan fingerprint density at radius 1 is 1.21 bits per heavy atom. The molecule has 19 heavy (non-hydrogen) atoms. The Kier molecular flexibility index (Phi) is 2.98. The van der Waals surface area contributed by atoms with Crippen LogP contribution < -0.4 is 4.74 Å². The van der Waals surface area contributed by atoms with Gasteiger partial charge in [-0.15, -0.1) is 0 Å². The Balaban J connectivity index is 2.19. The topological polar surface area (TPSA) is 37.9 Å². The number of ether oxygens (including phenoxy) is 1. The number of H-pyrrole nitrogens is 1. The first-order valence-corrected chi connectivity index (χ1v) is 6.46. The summed E-state index contributed by atoms with van der Waals surface area (Å²) in [6.45, 7) is 0. The summed E-state index contributed by atoms with van der Waals surface area (Å²) in [5.41, 5.74) is 2.51. The molecular formula is C14H10BrFN2O. The van der Waals surface area contributed by atoms with Gasteiger partial charge in [0.2, 0.25) is 0 Å². The molecule has 0 bridgehead atoms. The number of halogens is 2. The number of benzene rings is 2. The lowest BCUT2D eigenvalue weighted by atomic mass is 10.1. The predicted octanol–water partition coefficient (Wildman–Crippen LogP) is 4.14. The molecule has 1 heterocycles. The minimum atomic E-state index is -0.381. The van der Waals surface area contributed by atoms with Crippen LogP contribution in [0.3, 0.4) is 0 Å². The lowest BCUT2D eigenvalue weighted by molar-refractivity contribution is 0.387. The first-order valence-electron chi connectivity index (χ1n) is 5.66. The average molecular weight is 321 g/mol. The SMILES string of the molecule is COc1cc(-c2n[nH]c3cc(Br)ccc23)ccc1F. The molecule has 0 aliphatic heterocycles. The van der Waals surface area contributed by atoms with Crippen molar-refractivity contribution in [2.75, 3.05) is 7.11 Å². The lowest BCUT2D eigenvalue weighted by Crippen LogP contribution is -1.89. The number of fused-ring (bicyclic) bond motifs is 1. The van der Waals surface area contributed by atoms with Crippen LogP contribution >= 0.6 is 15.9 Å². The summed E-state index contributed by atoms with van der Waals surface area (Å²) in [6.07, 6.45) is 0. The molecule has 3 nitrogen and oxygen atoms in total. The highest BCUT2D eigenvalue weighted by Gasteiger charge is 2.11. The van der Waals surface area contributed by atoms with E-state index in [1.165, 1.54) is 13.2 Å². The standard InChI is InChI=1S/C14H10BrFN2O/c1-19-13-6-8(2-5-11(13)16)14-10-4-3-9(15)7-12(10)17-18-14/h2-7H,1H3,(H,17,18). The van der Waals surface area contributed by atoms with Gasteiger partial charge in [0.15, 0.2) is 11.6 Å². The Morgan fingerprint density at radius 2 is 2.05 bits per heavy atom. The van der Waals surface area contributed by atoms with Crippen LogP contribution in [0.1, 0.15) is 0 Å². The van der Waals surface area contributed by atoms with Crippen LogP contribution in [0.2, 0.25) is 0 Å². The van der Waals surface area contributed by atoms with Crippen LogP contribution in [-0.4, -0.2) is 17.3 Å². The summed E-state index contributed by atoms with van der Waals surface area (Å²) in [7, 11) is 1.45. The first-order chi connectivity index (χ1) is 9.19. The van der Waals surface area contributed by atoms with Crippen molar-refractivity contribution in [1.82, 2.24) is 10.2 Å². The molecule has 0 aliphatic carbocycles. The van der Waals surface area contributed by atoms with Gasteiger partial charge >= 0.3 is 0 Å². The van der Waals surface area contributed by atoms with Crippen molar-refractivity contribution in [3.05, 3.63) is 46.7 Å². The van der Waals surface area contributed by atoms with Crippen LogP contribution in [0.25, 0.3) is 22.2 Å². The maximum Gasteiger partial charge on any atom is 0.165 e. The van der Waals surface area contributed by atoms with Gasteiger partial charge in [-0.3, -0.25) is 5.10 Å². The monoisotopic (exact) mass is 320 g/mol. The lowest BCUT2D eigenvalue weighted by Gasteiger charge is -2.04. The van der Waals surface area contributed by atoms with Gasteiger partial charge in [0, 0.05) is 15.4 Å². The maximum absolute atomic E-state index is 13.4. The van der Waals surface area contributed by atoms with Gasteiger partial charge in [0.1, 0.15) is 5.69 Å². The van der Waals surface area contributed by atoms with Crippen molar-refractivity contribution in [3.8, 4) is 17.0 Å². The van der Waals surface area contributed by atoms with E-state index in [1.54, 1.807) is 12.1 Å². The van der Waals surface area contributed by atoms with Crippen LogP contribution in [-0.2, 0) is 0 Å². The third-order valence-corrected chi connectivity index (χ3v) is 3.44. The number of hydrogen-bond acceptors (Lipinski definition) is 2. The van der Waals surface area contributed by atoms with Gasteiger partial charge in [-0.05, 0) is 36.4 Å². The van der Waals surface area contributed by atoms with Crippen LogP contribution in [0.15, 0.2) is 40.9 Å². The van der Waals surface area contributed by atoms with E-state index in [4.69, 9.17) is 4.74 Å². The number of hydrogen-bond donors (Lipinski definition) is 1. The molecule has 0 spiro atoms. The molecule has 0 atom stereocenters. The van der Waals surface area contributed by atoms with Crippen molar-refractivity contribution >= 4 is 26.8 Å². The van der Waals surface area contributed by atoms with E-state index in [9.17, 15) is 4.39 Å². The number of nitrogens with one attached hydrogen (secondary N) is 1. The number of aromatic nitrogens is 2. The Labute approximate surface area is 117 Å². The molecule has 96 valence electrons. The number of aromatic amines is 1. The zero-order valence-corrected chi connectivity index (χ0v) is 11.7. The van der Waals surface area contributed by atoms with E-state index in [1.807, 2.05) is 18.2 Å². The fraction of sp³-hybridized carbons (Fsp3) is 0.0714. The second-order valence-corrected chi connectivity index (χ2v) is 5.03. The second kappa shape index (κ2) is 4.66. The molecule has 0 saturated carbocycles. The molecule has 3 aromatic rings. The Bertz CT molecular complexity index is 754. The van der Waals surface area contributed by atoms with E-state index >= 15 is 0 Å². The van der Waals surface area contributed by atoms with Crippen LogP contribution in [0, 0.1) is 5.82 Å². The highest BCUT2D eigenvalue weighted by atomic mass is 79.9. The zero-order valence-electron chi connectivity index (χ0n) is 10.1. The fourth-order valence-electron chi connectivity index (χ4n) is 2.02. The first kappa shape index (κ1) is 12.2. The third-order valence-electron chi connectivity index (χ3n) is 2.95. The van der Waals surface area contributed by atoms with E-state index in [0.717, 1.165) is 26.6 Å². The molecular weight excluding hydrogens is 311 g/mol. The molecule has 0 saturated heterocycles. The molecule has 5 heteroatoms. The largest absolute Gasteiger partial charge is 0.494 e.